The minimum absolute atomic E-state index is 0.0421. The molecule has 0 atom stereocenters. The van der Waals surface area contributed by atoms with E-state index in [4.69, 9.17) is 9.26 Å². The number of phenolic OH excluding ortho intramolecular Hbond substituents is 1. The fourth-order valence-corrected chi connectivity index (χ4v) is 2.58. The van der Waals surface area contributed by atoms with Crippen molar-refractivity contribution in [1.29, 1.82) is 5.26 Å². The molecule has 8 heteroatoms. The maximum atomic E-state index is 11.9. The van der Waals surface area contributed by atoms with Crippen molar-refractivity contribution in [2.45, 2.75) is 26.4 Å². The Morgan fingerprint density at radius 2 is 1.89 bits per heavy atom. The van der Waals surface area contributed by atoms with E-state index in [2.05, 4.69) is 21.5 Å². The van der Waals surface area contributed by atoms with Crippen LogP contribution in [0, 0.1) is 11.3 Å². The summed E-state index contributed by atoms with van der Waals surface area (Å²) in [6, 6.07) is 14.1. The van der Waals surface area contributed by atoms with Gasteiger partial charge in [0.25, 0.3) is 11.8 Å². The largest absolute Gasteiger partial charge is 0.507 e. The van der Waals surface area contributed by atoms with Crippen LogP contribution in [-0.4, -0.2) is 26.9 Å². The Kier molecular flexibility index (Phi) is 5.00. The fourth-order valence-electron chi connectivity index (χ4n) is 2.58. The third-order valence-electron chi connectivity index (χ3n) is 3.62. The highest BCUT2D eigenvalue weighted by atomic mass is 16.6. The molecule has 0 radical (unpaired) electrons. The van der Waals surface area contributed by atoms with E-state index < -0.39 is 11.7 Å². The Bertz CT molecular complexity index is 1050. The number of anilines is 1. The van der Waals surface area contributed by atoms with Gasteiger partial charge in [0.15, 0.2) is 0 Å². The Balaban J connectivity index is 2.02. The average Bonchev–Trinajstić information content (AvgIpc) is 3.08. The lowest BCUT2D eigenvalue weighted by Crippen LogP contribution is -2.27. The van der Waals surface area contributed by atoms with Gasteiger partial charge < -0.3 is 14.4 Å². The topological polar surface area (TPSA) is 121 Å². The zero-order valence-electron chi connectivity index (χ0n) is 15.6. The van der Waals surface area contributed by atoms with Crippen LogP contribution in [0.15, 0.2) is 47.0 Å². The van der Waals surface area contributed by atoms with Crippen molar-refractivity contribution in [2.75, 3.05) is 5.32 Å². The summed E-state index contributed by atoms with van der Waals surface area (Å²) in [5.74, 6) is -0.296. The molecule has 0 bridgehead atoms. The van der Waals surface area contributed by atoms with Gasteiger partial charge in [-0.1, -0.05) is 30.3 Å². The zero-order chi connectivity index (χ0) is 20.3. The molecule has 28 heavy (non-hydrogen) atoms. The Morgan fingerprint density at radius 1 is 1.18 bits per heavy atom. The van der Waals surface area contributed by atoms with Gasteiger partial charge in [0.1, 0.15) is 11.4 Å². The van der Waals surface area contributed by atoms with E-state index in [0.717, 1.165) is 0 Å². The molecule has 3 rings (SSSR count). The normalized spacial score (nSPS) is 10.9. The number of carbonyl (C=O) groups excluding carboxylic acids is 1. The first-order valence-corrected chi connectivity index (χ1v) is 8.44. The van der Waals surface area contributed by atoms with Gasteiger partial charge >= 0.3 is 6.09 Å². The third-order valence-corrected chi connectivity index (χ3v) is 3.62. The lowest BCUT2D eigenvalue weighted by molar-refractivity contribution is 0.0634. The van der Waals surface area contributed by atoms with Gasteiger partial charge in [-0.3, -0.25) is 5.32 Å². The van der Waals surface area contributed by atoms with Gasteiger partial charge in [0.05, 0.1) is 17.2 Å². The maximum absolute atomic E-state index is 11.9. The van der Waals surface area contributed by atoms with Crippen LogP contribution in [-0.2, 0) is 4.74 Å². The van der Waals surface area contributed by atoms with Gasteiger partial charge in [-0.25, -0.2) is 4.79 Å². The van der Waals surface area contributed by atoms with E-state index in [9.17, 15) is 15.2 Å². The quantitative estimate of drug-likeness (QED) is 0.695. The van der Waals surface area contributed by atoms with E-state index in [1.807, 2.05) is 18.2 Å². The first-order valence-electron chi connectivity index (χ1n) is 8.44. The first-order chi connectivity index (χ1) is 13.3. The Hall–Kier alpha value is -3.86. The van der Waals surface area contributed by atoms with Crippen molar-refractivity contribution < 1.29 is 19.2 Å². The fraction of sp³-hybridized carbons (Fsp3) is 0.200. The molecule has 0 saturated carbocycles. The van der Waals surface area contributed by atoms with Crippen LogP contribution in [0.5, 0.6) is 5.75 Å². The second kappa shape index (κ2) is 7.40. The number of nitrogens with zero attached hydrogens (tertiary/aromatic N) is 3. The lowest BCUT2D eigenvalue weighted by atomic mass is 9.94. The molecule has 0 aliphatic heterocycles. The van der Waals surface area contributed by atoms with Crippen molar-refractivity contribution in [2.24, 2.45) is 0 Å². The standard InChI is InChI=1S/C20H18N4O4/c1-20(2,3)27-19(26)23-18-22-17(28-24-18)16-14(25)10-9-13(11-21)15(16)12-7-5-4-6-8-12/h4-10,25H,1-3H3,(H,23,24,26). The van der Waals surface area contributed by atoms with Crippen LogP contribution in [0.2, 0.25) is 0 Å². The maximum Gasteiger partial charge on any atom is 0.414 e. The van der Waals surface area contributed by atoms with E-state index in [1.54, 1.807) is 32.9 Å². The van der Waals surface area contributed by atoms with Crippen molar-refractivity contribution in [3.05, 3.63) is 48.0 Å². The number of nitriles is 1. The molecule has 8 nitrogen and oxygen atoms in total. The molecule has 1 amide bonds. The van der Waals surface area contributed by atoms with Crippen molar-refractivity contribution in [3.63, 3.8) is 0 Å². The van der Waals surface area contributed by atoms with Gasteiger partial charge in [0.2, 0.25) is 0 Å². The molecule has 3 aromatic rings. The van der Waals surface area contributed by atoms with Gasteiger partial charge in [0, 0.05) is 5.56 Å². The molecule has 0 aliphatic rings. The van der Waals surface area contributed by atoms with Crippen LogP contribution in [0.4, 0.5) is 10.7 Å². The minimum Gasteiger partial charge on any atom is -0.507 e. The number of nitrogens with one attached hydrogen (secondary N) is 1. The molecule has 2 N–H and O–H groups in total. The van der Waals surface area contributed by atoms with Crippen LogP contribution in [0.3, 0.4) is 0 Å². The number of ether oxygens (including phenoxy) is 1. The Morgan fingerprint density at radius 3 is 2.54 bits per heavy atom. The van der Waals surface area contributed by atoms with Crippen LogP contribution >= 0.6 is 0 Å². The van der Waals surface area contributed by atoms with Crippen molar-refractivity contribution in [3.8, 4) is 34.4 Å². The number of aromatic hydroxyl groups is 1. The molecular weight excluding hydrogens is 360 g/mol. The predicted molar refractivity (Wildman–Crippen MR) is 101 cm³/mol. The second-order valence-electron chi connectivity index (χ2n) is 6.91. The highest BCUT2D eigenvalue weighted by Gasteiger charge is 2.23. The van der Waals surface area contributed by atoms with E-state index in [1.165, 1.54) is 12.1 Å². The molecule has 0 unspecified atom stereocenters. The van der Waals surface area contributed by atoms with E-state index in [0.29, 0.717) is 16.7 Å². The monoisotopic (exact) mass is 378 g/mol. The lowest BCUT2D eigenvalue weighted by Gasteiger charge is -2.18. The SMILES string of the molecule is CC(C)(C)OC(=O)Nc1noc(-c2c(O)ccc(C#N)c2-c2ccccc2)n1. The molecule has 1 heterocycles. The molecule has 1 aromatic heterocycles. The molecule has 0 spiro atoms. The molecule has 0 fully saturated rings. The number of amides is 1. The average molecular weight is 378 g/mol. The van der Waals surface area contributed by atoms with Gasteiger partial charge in [-0.05, 0) is 43.6 Å². The summed E-state index contributed by atoms with van der Waals surface area (Å²) in [7, 11) is 0. The third kappa shape index (κ3) is 4.10. The highest BCUT2D eigenvalue weighted by Crippen LogP contribution is 2.40. The summed E-state index contributed by atoms with van der Waals surface area (Å²) in [5.41, 5.74) is 1.01. The van der Waals surface area contributed by atoms with Crippen molar-refractivity contribution >= 4 is 12.0 Å². The zero-order valence-corrected chi connectivity index (χ0v) is 15.6. The predicted octanol–water partition coefficient (Wildman–Crippen LogP) is 4.33. The summed E-state index contributed by atoms with van der Waals surface area (Å²) in [6.45, 7) is 5.18. The molecule has 2 aromatic carbocycles. The Labute approximate surface area is 161 Å². The molecular formula is C20H18N4O4. The van der Waals surface area contributed by atoms with Gasteiger partial charge in [-0.15, -0.1) is 0 Å². The molecule has 142 valence electrons. The van der Waals surface area contributed by atoms with Crippen LogP contribution in [0.1, 0.15) is 26.3 Å². The smallest absolute Gasteiger partial charge is 0.414 e. The number of phenols is 1. The number of benzene rings is 2. The van der Waals surface area contributed by atoms with E-state index in [-0.39, 0.29) is 23.2 Å². The summed E-state index contributed by atoms with van der Waals surface area (Å²) in [5, 5.41) is 26.0. The summed E-state index contributed by atoms with van der Waals surface area (Å²) in [4.78, 5) is 16.0. The van der Waals surface area contributed by atoms with Gasteiger partial charge in [-0.2, -0.15) is 10.2 Å². The minimum atomic E-state index is -0.738. The first kappa shape index (κ1) is 18.9. The van der Waals surface area contributed by atoms with Crippen LogP contribution in [0.25, 0.3) is 22.6 Å². The van der Waals surface area contributed by atoms with E-state index >= 15 is 0 Å². The molecule has 0 saturated heterocycles. The van der Waals surface area contributed by atoms with Crippen molar-refractivity contribution in [1.82, 2.24) is 10.1 Å². The second-order valence-corrected chi connectivity index (χ2v) is 6.91. The molecule has 0 aliphatic carbocycles. The number of hydrogen-bond donors (Lipinski definition) is 2. The number of hydrogen-bond acceptors (Lipinski definition) is 7. The summed E-state index contributed by atoms with van der Waals surface area (Å²) >= 11 is 0. The number of carbonyl (C=O) groups is 1. The summed E-state index contributed by atoms with van der Waals surface area (Å²) < 4.78 is 10.4. The highest BCUT2D eigenvalue weighted by molar-refractivity contribution is 5.89. The number of aromatic nitrogens is 2. The summed E-state index contributed by atoms with van der Waals surface area (Å²) in [6.07, 6.45) is -0.738. The number of rotatable bonds is 3. The van der Waals surface area contributed by atoms with Crippen LogP contribution < -0.4 is 5.32 Å².